The van der Waals surface area contributed by atoms with E-state index in [2.05, 4.69) is 58.2 Å². The molecule has 0 saturated heterocycles. The van der Waals surface area contributed by atoms with Gasteiger partial charge in [0.15, 0.2) is 0 Å². The molecule has 1 aliphatic carbocycles. The standard InChI is InChI=1S/C16H25BrN2/c1-4-19(14-7-5-6-8-14)16-10-9-13(17)11-15(16)12(2)18-3/h9-12,14,18H,4-8H2,1-3H3. The molecule has 1 fully saturated rings. The van der Waals surface area contributed by atoms with Crippen LogP contribution in [0.25, 0.3) is 0 Å². The van der Waals surface area contributed by atoms with Crippen molar-refractivity contribution < 1.29 is 0 Å². The lowest BCUT2D eigenvalue weighted by atomic mass is 10.0. The second-order valence-corrected chi connectivity index (χ2v) is 6.35. The van der Waals surface area contributed by atoms with E-state index in [0.29, 0.717) is 6.04 Å². The Morgan fingerprint density at radius 3 is 2.63 bits per heavy atom. The highest BCUT2D eigenvalue weighted by Crippen LogP contribution is 2.34. The number of hydrogen-bond acceptors (Lipinski definition) is 2. The minimum atomic E-state index is 0.378. The summed E-state index contributed by atoms with van der Waals surface area (Å²) in [6, 6.07) is 7.80. The highest BCUT2D eigenvalue weighted by Gasteiger charge is 2.24. The molecule has 0 aliphatic heterocycles. The molecule has 0 spiro atoms. The topological polar surface area (TPSA) is 15.3 Å². The maximum absolute atomic E-state index is 3.60. The largest absolute Gasteiger partial charge is 0.369 e. The van der Waals surface area contributed by atoms with E-state index >= 15 is 0 Å². The van der Waals surface area contributed by atoms with Gasteiger partial charge in [0.1, 0.15) is 0 Å². The van der Waals surface area contributed by atoms with E-state index in [4.69, 9.17) is 0 Å². The van der Waals surface area contributed by atoms with Gasteiger partial charge in [-0.15, -0.1) is 0 Å². The highest BCUT2D eigenvalue weighted by atomic mass is 79.9. The number of nitrogens with one attached hydrogen (secondary N) is 1. The summed E-state index contributed by atoms with van der Waals surface area (Å²) < 4.78 is 1.16. The lowest BCUT2D eigenvalue weighted by molar-refractivity contribution is 0.602. The summed E-state index contributed by atoms with van der Waals surface area (Å²) in [5.41, 5.74) is 2.80. The summed E-state index contributed by atoms with van der Waals surface area (Å²) in [5, 5.41) is 3.37. The second kappa shape index (κ2) is 6.76. The second-order valence-electron chi connectivity index (χ2n) is 5.44. The Morgan fingerprint density at radius 1 is 1.37 bits per heavy atom. The number of anilines is 1. The third-order valence-electron chi connectivity index (χ3n) is 4.30. The molecule has 2 rings (SSSR count). The average molecular weight is 325 g/mol. The van der Waals surface area contributed by atoms with Crippen molar-refractivity contribution in [2.24, 2.45) is 0 Å². The molecule has 0 amide bonds. The summed E-state index contributed by atoms with van der Waals surface area (Å²) in [7, 11) is 2.03. The molecule has 1 N–H and O–H groups in total. The van der Waals surface area contributed by atoms with E-state index in [1.165, 1.54) is 36.9 Å². The highest BCUT2D eigenvalue weighted by molar-refractivity contribution is 9.10. The van der Waals surface area contributed by atoms with Gasteiger partial charge in [-0.25, -0.2) is 0 Å². The Hall–Kier alpha value is -0.540. The van der Waals surface area contributed by atoms with Crippen molar-refractivity contribution in [1.82, 2.24) is 5.32 Å². The number of hydrogen-bond donors (Lipinski definition) is 1. The lowest BCUT2D eigenvalue weighted by Gasteiger charge is -2.33. The van der Waals surface area contributed by atoms with Gasteiger partial charge < -0.3 is 10.2 Å². The first kappa shape index (κ1) is 14.9. The van der Waals surface area contributed by atoms with Gasteiger partial charge in [-0.3, -0.25) is 0 Å². The van der Waals surface area contributed by atoms with E-state index < -0.39 is 0 Å². The summed E-state index contributed by atoms with van der Waals surface area (Å²) in [6.07, 6.45) is 5.46. The summed E-state index contributed by atoms with van der Waals surface area (Å²) in [6.45, 7) is 5.59. The van der Waals surface area contributed by atoms with Gasteiger partial charge in [0.2, 0.25) is 0 Å². The van der Waals surface area contributed by atoms with Crippen molar-refractivity contribution in [3.8, 4) is 0 Å². The molecule has 0 radical (unpaired) electrons. The molecule has 19 heavy (non-hydrogen) atoms. The fourth-order valence-corrected chi connectivity index (χ4v) is 3.51. The van der Waals surface area contributed by atoms with Gasteiger partial charge in [-0.2, -0.15) is 0 Å². The maximum Gasteiger partial charge on any atom is 0.0417 e. The van der Waals surface area contributed by atoms with E-state index in [1.54, 1.807) is 0 Å². The molecule has 1 atom stereocenters. The summed E-state index contributed by atoms with van der Waals surface area (Å²) in [4.78, 5) is 2.60. The Labute approximate surface area is 125 Å². The van der Waals surface area contributed by atoms with Crippen LogP contribution in [0.4, 0.5) is 5.69 Å². The Balaban J connectivity index is 2.35. The van der Waals surface area contributed by atoms with E-state index in [0.717, 1.165) is 17.1 Å². The molecule has 0 aromatic heterocycles. The summed E-state index contributed by atoms with van der Waals surface area (Å²) in [5.74, 6) is 0. The molecule has 1 unspecified atom stereocenters. The van der Waals surface area contributed by atoms with Gasteiger partial charge in [-0.1, -0.05) is 28.8 Å². The predicted octanol–water partition coefficient (Wildman–Crippen LogP) is 4.50. The molecule has 1 saturated carbocycles. The van der Waals surface area contributed by atoms with Crippen LogP contribution in [0.3, 0.4) is 0 Å². The maximum atomic E-state index is 3.60. The predicted molar refractivity (Wildman–Crippen MR) is 86.9 cm³/mol. The van der Waals surface area contributed by atoms with Crippen LogP contribution in [0, 0.1) is 0 Å². The molecule has 1 aromatic carbocycles. The Morgan fingerprint density at radius 2 is 2.05 bits per heavy atom. The minimum Gasteiger partial charge on any atom is -0.369 e. The fraction of sp³-hybridized carbons (Fsp3) is 0.625. The van der Waals surface area contributed by atoms with Crippen LogP contribution in [0.5, 0.6) is 0 Å². The van der Waals surface area contributed by atoms with E-state index in [-0.39, 0.29) is 0 Å². The van der Waals surface area contributed by atoms with Crippen LogP contribution in [0.1, 0.15) is 51.1 Å². The third kappa shape index (κ3) is 3.32. The minimum absolute atomic E-state index is 0.378. The van der Waals surface area contributed by atoms with Gasteiger partial charge in [0.25, 0.3) is 0 Å². The van der Waals surface area contributed by atoms with Crippen molar-refractivity contribution >= 4 is 21.6 Å². The summed E-state index contributed by atoms with van der Waals surface area (Å²) >= 11 is 3.60. The monoisotopic (exact) mass is 324 g/mol. The van der Waals surface area contributed by atoms with Crippen molar-refractivity contribution in [1.29, 1.82) is 0 Å². The van der Waals surface area contributed by atoms with Gasteiger partial charge in [-0.05, 0) is 57.5 Å². The molecule has 106 valence electrons. The molecule has 1 aromatic rings. The SMILES string of the molecule is CCN(c1ccc(Br)cc1C(C)NC)C1CCCC1. The number of nitrogens with zero attached hydrogens (tertiary/aromatic N) is 1. The van der Waals surface area contributed by atoms with E-state index in [1.807, 2.05) is 7.05 Å². The fourth-order valence-electron chi connectivity index (χ4n) is 3.13. The first-order valence-corrected chi connectivity index (χ1v) is 8.20. The zero-order valence-corrected chi connectivity index (χ0v) is 13.8. The van der Waals surface area contributed by atoms with Crippen LogP contribution < -0.4 is 10.2 Å². The first-order chi connectivity index (χ1) is 9.17. The quantitative estimate of drug-likeness (QED) is 0.857. The molecule has 1 aliphatic rings. The number of halogens is 1. The molecule has 0 heterocycles. The molecule has 2 nitrogen and oxygen atoms in total. The van der Waals surface area contributed by atoms with Crippen LogP contribution in [-0.4, -0.2) is 19.6 Å². The lowest BCUT2D eigenvalue weighted by Crippen LogP contribution is -2.34. The number of rotatable bonds is 5. The number of benzene rings is 1. The smallest absolute Gasteiger partial charge is 0.0417 e. The van der Waals surface area contributed by atoms with Crippen molar-refractivity contribution in [3.05, 3.63) is 28.2 Å². The van der Waals surface area contributed by atoms with Crippen LogP contribution in [-0.2, 0) is 0 Å². The zero-order valence-electron chi connectivity index (χ0n) is 12.2. The Bertz CT molecular complexity index is 413. The molecule has 3 heteroatoms. The molecule has 0 bridgehead atoms. The van der Waals surface area contributed by atoms with Crippen molar-refractivity contribution in [3.63, 3.8) is 0 Å². The Kier molecular flexibility index (Phi) is 5.28. The normalized spacial score (nSPS) is 17.7. The third-order valence-corrected chi connectivity index (χ3v) is 4.80. The van der Waals surface area contributed by atoms with Gasteiger partial charge >= 0.3 is 0 Å². The molecular weight excluding hydrogens is 300 g/mol. The van der Waals surface area contributed by atoms with Gasteiger partial charge in [0.05, 0.1) is 0 Å². The van der Waals surface area contributed by atoms with Crippen LogP contribution in [0.2, 0.25) is 0 Å². The van der Waals surface area contributed by atoms with Crippen LogP contribution >= 0.6 is 15.9 Å². The van der Waals surface area contributed by atoms with Gasteiger partial charge in [0, 0.05) is 28.8 Å². The van der Waals surface area contributed by atoms with Crippen molar-refractivity contribution in [2.45, 2.75) is 51.6 Å². The zero-order chi connectivity index (χ0) is 13.8. The average Bonchev–Trinajstić information content (AvgIpc) is 2.94. The van der Waals surface area contributed by atoms with Crippen molar-refractivity contribution in [2.75, 3.05) is 18.5 Å². The molecular formula is C16H25BrN2. The van der Waals surface area contributed by atoms with Crippen LogP contribution in [0.15, 0.2) is 22.7 Å². The van der Waals surface area contributed by atoms with E-state index in [9.17, 15) is 0 Å². The first-order valence-electron chi connectivity index (χ1n) is 7.40.